The van der Waals surface area contributed by atoms with E-state index in [-0.39, 0.29) is 5.12 Å². The van der Waals surface area contributed by atoms with Gasteiger partial charge in [-0.3, -0.25) is 14.8 Å². The SMILES string of the molecule is COc1cc2nccc(Oc3ccc4c(C(=O)S)c(C5=NCCS5)ccc4c3)c2cc1OC. The lowest BCUT2D eigenvalue weighted by molar-refractivity contribution is 0.109. The van der Waals surface area contributed by atoms with Crippen molar-refractivity contribution in [2.75, 3.05) is 26.5 Å². The summed E-state index contributed by atoms with van der Waals surface area (Å²) in [4.78, 5) is 21.4. The number of aromatic nitrogens is 1. The van der Waals surface area contributed by atoms with E-state index in [1.165, 1.54) is 0 Å². The van der Waals surface area contributed by atoms with Gasteiger partial charge < -0.3 is 14.2 Å². The van der Waals surface area contributed by atoms with Crippen molar-refractivity contribution in [1.82, 2.24) is 4.98 Å². The van der Waals surface area contributed by atoms with Gasteiger partial charge in [-0.25, -0.2) is 0 Å². The second-order valence-corrected chi connectivity index (χ2v) is 8.84. The van der Waals surface area contributed by atoms with Crippen molar-refractivity contribution < 1.29 is 19.0 Å². The molecule has 3 aromatic carbocycles. The number of rotatable bonds is 6. The van der Waals surface area contributed by atoms with Gasteiger partial charge in [-0.05, 0) is 41.1 Å². The van der Waals surface area contributed by atoms with E-state index in [1.54, 1.807) is 38.2 Å². The minimum Gasteiger partial charge on any atom is -0.493 e. The lowest BCUT2D eigenvalue weighted by atomic mass is 9.99. The Hall–Kier alpha value is -3.23. The fourth-order valence-corrected chi connectivity index (χ4v) is 5.07. The molecule has 0 bridgehead atoms. The maximum atomic E-state index is 12.4. The van der Waals surface area contributed by atoms with E-state index < -0.39 is 0 Å². The molecule has 0 spiro atoms. The van der Waals surface area contributed by atoms with Crippen LogP contribution in [-0.4, -0.2) is 41.7 Å². The summed E-state index contributed by atoms with van der Waals surface area (Å²) in [7, 11) is 3.18. The summed E-state index contributed by atoms with van der Waals surface area (Å²) in [6, 6.07) is 15.0. The van der Waals surface area contributed by atoms with Crippen LogP contribution in [0.5, 0.6) is 23.0 Å². The molecule has 0 saturated carbocycles. The van der Waals surface area contributed by atoms with Gasteiger partial charge in [0.15, 0.2) is 11.5 Å². The van der Waals surface area contributed by atoms with Crippen LogP contribution in [0.1, 0.15) is 15.9 Å². The zero-order valence-electron chi connectivity index (χ0n) is 18.0. The van der Waals surface area contributed by atoms with Crippen LogP contribution in [0.4, 0.5) is 0 Å². The van der Waals surface area contributed by atoms with E-state index in [2.05, 4.69) is 22.6 Å². The van der Waals surface area contributed by atoms with Crippen LogP contribution >= 0.6 is 24.4 Å². The standard InChI is InChI=1S/C25H20N2O4S2/c1-29-21-12-18-19(13-22(21)30-2)26-8-7-20(18)31-15-4-6-16-14(11-15)3-5-17(23(16)25(28)32)24-27-9-10-33-24/h3-8,11-13H,9-10H2,1-2H3,(H,28,32). The van der Waals surface area contributed by atoms with Gasteiger partial charge in [-0.1, -0.05) is 12.1 Å². The first-order valence-corrected chi connectivity index (χ1v) is 11.7. The average Bonchev–Trinajstić information content (AvgIpc) is 3.37. The van der Waals surface area contributed by atoms with Crippen LogP contribution in [0.3, 0.4) is 0 Å². The maximum Gasteiger partial charge on any atom is 0.217 e. The van der Waals surface area contributed by atoms with Crippen molar-refractivity contribution in [2.45, 2.75) is 0 Å². The predicted molar refractivity (Wildman–Crippen MR) is 136 cm³/mol. The van der Waals surface area contributed by atoms with Crippen molar-refractivity contribution in [2.24, 2.45) is 4.99 Å². The van der Waals surface area contributed by atoms with Gasteiger partial charge in [-0.2, -0.15) is 0 Å². The first-order chi connectivity index (χ1) is 16.1. The molecule has 166 valence electrons. The van der Waals surface area contributed by atoms with Crippen LogP contribution in [0.15, 0.2) is 59.7 Å². The molecule has 2 heterocycles. The number of carbonyl (C=O) groups is 1. The number of hydrogen-bond donors (Lipinski definition) is 1. The van der Waals surface area contributed by atoms with Gasteiger partial charge in [0.05, 0.1) is 24.8 Å². The summed E-state index contributed by atoms with van der Waals surface area (Å²) in [5.41, 5.74) is 2.13. The van der Waals surface area contributed by atoms with Gasteiger partial charge in [0.1, 0.15) is 11.5 Å². The second kappa shape index (κ2) is 8.96. The van der Waals surface area contributed by atoms with Crippen molar-refractivity contribution in [3.63, 3.8) is 0 Å². The molecule has 0 atom stereocenters. The summed E-state index contributed by atoms with van der Waals surface area (Å²) in [5, 5.41) is 3.12. The van der Waals surface area contributed by atoms with Gasteiger partial charge in [-0.15, -0.1) is 24.4 Å². The lowest BCUT2D eigenvalue weighted by Crippen LogP contribution is -2.03. The molecule has 0 amide bonds. The first kappa shape index (κ1) is 21.6. The molecule has 1 aliphatic rings. The summed E-state index contributed by atoms with van der Waals surface area (Å²) in [6.45, 7) is 0.765. The normalized spacial score (nSPS) is 13.2. The largest absolute Gasteiger partial charge is 0.493 e. The molecule has 1 aliphatic heterocycles. The molecule has 0 fully saturated rings. The highest BCUT2D eigenvalue weighted by Gasteiger charge is 2.20. The van der Waals surface area contributed by atoms with Crippen molar-refractivity contribution in [3.05, 3.63) is 65.9 Å². The van der Waals surface area contributed by atoms with E-state index in [0.717, 1.165) is 44.6 Å². The number of thiol groups is 1. The highest BCUT2D eigenvalue weighted by atomic mass is 32.2. The van der Waals surface area contributed by atoms with Crippen LogP contribution in [0, 0.1) is 0 Å². The molecule has 0 saturated heterocycles. The Morgan fingerprint density at radius 1 is 0.970 bits per heavy atom. The molecule has 6 nitrogen and oxygen atoms in total. The number of methoxy groups -OCH3 is 2. The molecule has 33 heavy (non-hydrogen) atoms. The Morgan fingerprint density at radius 3 is 2.52 bits per heavy atom. The fourth-order valence-electron chi connectivity index (χ4n) is 3.94. The first-order valence-electron chi connectivity index (χ1n) is 10.3. The van der Waals surface area contributed by atoms with E-state index in [4.69, 9.17) is 14.2 Å². The number of pyridine rings is 1. The summed E-state index contributed by atoms with van der Waals surface area (Å²) >= 11 is 5.81. The van der Waals surface area contributed by atoms with Crippen LogP contribution in [-0.2, 0) is 0 Å². The summed E-state index contributed by atoms with van der Waals surface area (Å²) < 4.78 is 17.1. The molecule has 8 heteroatoms. The lowest BCUT2D eigenvalue weighted by Gasteiger charge is -2.14. The topological polar surface area (TPSA) is 70.0 Å². The Labute approximate surface area is 200 Å². The Morgan fingerprint density at radius 2 is 1.79 bits per heavy atom. The zero-order valence-corrected chi connectivity index (χ0v) is 19.7. The van der Waals surface area contributed by atoms with Gasteiger partial charge in [0.25, 0.3) is 0 Å². The zero-order chi connectivity index (χ0) is 22.9. The highest BCUT2D eigenvalue weighted by molar-refractivity contribution is 8.14. The average molecular weight is 477 g/mol. The molecule has 5 rings (SSSR count). The minimum atomic E-state index is -0.277. The van der Waals surface area contributed by atoms with Crippen LogP contribution in [0.2, 0.25) is 0 Å². The molecule has 0 aliphatic carbocycles. The number of nitrogens with zero attached hydrogens (tertiary/aromatic N) is 2. The molecular weight excluding hydrogens is 456 g/mol. The van der Waals surface area contributed by atoms with Crippen molar-refractivity contribution >= 4 is 56.2 Å². The molecule has 1 aromatic heterocycles. The predicted octanol–water partition coefficient (Wildman–Crippen LogP) is 5.76. The van der Waals surface area contributed by atoms with E-state index in [9.17, 15) is 4.79 Å². The van der Waals surface area contributed by atoms with Crippen molar-refractivity contribution in [1.29, 1.82) is 0 Å². The maximum absolute atomic E-state index is 12.4. The Kier molecular flexibility index (Phi) is 5.86. The molecular formula is C25H20N2O4S2. The van der Waals surface area contributed by atoms with E-state index >= 15 is 0 Å². The number of hydrogen-bond acceptors (Lipinski definition) is 7. The number of fused-ring (bicyclic) bond motifs is 2. The number of aliphatic imine (C=N–C) groups is 1. The number of benzene rings is 3. The molecule has 0 radical (unpaired) electrons. The van der Waals surface area contributed by atoms with Crippen molar-refractivity contribution in [3.8, 4) is 23.0 Å². The van der Waals surface area contributed by atoms with Crippen LogP contribution < -0.4 is 14.2 Å². The third-order valence-electron chi connectivity index (χ3n) is 5.46. The summed E-state index contributed by atoms with van der Waals surface area (Å²) in [5.74, 6) is 3.40. The third kappa shape index (κ3) is 4.00. The highest BCUT2D eigenvalue weighted by Crippen LogP contribution is 2.38. The number of carbonyl (C=O) groups excluding carboxylic acids is 1. The van der Waals surface area contributed by atoms with E-state index in [1.807, 2.05) is 42.5 Å². The third-order valence-corrected chi connectivity index (χ3v) is 6.69. The van der Waals surface area contributed by atoms with Gasteiger partial charge in [0.2, 0.25) is 5.12 Å². The molecule has 4 aromatic rings. The number of thioether (sulfide) groups is 1. The monoisotopic (exact) mass is 476 g/mol. The fraction of sp³-hybridized carbons (Fsp3) is 0.160. The number of ether oxygens (including phenoxy) is 3. The van der Waals surface area contributed by atoms with Gasteiger partial charge >= 0.3 is 0 Å². The van der Waals surface area contributed by atoms with E-state index in [0.29, 0.717) is 28.6 Å². The smallest absolute Gasteiger partial charge is 0.217 e. The van der Waals surface area contributed by atoms with Gasteiger partial charge in [0, 0.05) is 41.1 Å². The quantitative estimate of drug-likeness (QED) is 0.357. The minimum absolute atomic E-state index is 0.277. The van der Waals surface area contributed by atoms with Crippen LogP contribution in [0.25, 0.3) is 21.7 Å². The Bertz CT molecular complexity index is 1440. The molecule has 0 N–H and O–H groups in total. The molecule has 0 unspecified atom stereocenters. The Balaban J connectivity index is 1.57. The second-order valence-electron chi connectivity index (χ2n) is 7.35. The summed E-state index contributed by atoms with van der Waals surface area (Å²) in [6.07, 6.45) is 1.69.